The van der Waals surface area contributed by atoms with Gasteiger partial charge in [0.1, 0.15) is 0 Å². The maximum atomic E-state index is 13.1. The Morgan fingerprint density at radius 2 is 1.74 bits per heavy atom. The van der Waals surface area contributed by atoms with E-state index in [1.54, 1.807) is 30.3 Å². The van der Waals surface area contributed by atoms with E-state index in [4.69, 9.17) is 10.5 Å². The van der Waals surface area contributed by atoms with Crippen LogP contribution in [0.2, 0.25) is 0 Å². The number of nitro groups is 1. The third-order valence-electron chi connectivity index (χ3n) is 4.68. The van der Waals surface area contributed by atoms with Gasteiger partial charge in [-0.3, -0.25) is 14.9 Å². The van der Waals surface area contributed by atoms with Gasteiger partial charge in [0.2, 0.25) is 6.10 Å². The Bertz CT molecular complexity index is 1150. The molecule has 1 unspecified atom stereocenters. The molecule has 0 saturated carbocycles. The number of hydrogen-bond acceptors (Lipinski definition) is 6. The van der Waals surface area contributed by atoms with Gasteiger partial charge in [0.15, 0.2) is 0 Å². The van der Waals surface area contributed by atoms with Gasteiger partial charge in [-0.2, -0.15) is 0 Å². The molecule has 8 heteroatoms. The quantitative estimate of drug-likeness (QED) is 0.265. The Morgan fingerprint density at radius 3 is 2.42 bits per heavy atom. The number of nitrogen functional groups attached to an aromatic ring is 1. The van der Waals surface area contributed by atoms with Crippen molar-refractivity contribution >= 4 is 28.9 Å². The van der Waals surface area contributed by atoms with Crippen molar-refractivity contribution in [3.8, 4) is 0 Å². The largest absolute Gasteiger partial charge is 0.444 e. The smallest absolute Gasteiger partial charge is 0.341 e. The average Bonchev–Trinajstić information content (AvgIpc) is 2.75. The van der Waals surface area contributed by atoms with Crippen molar-refractivity contribution in [2.24, 2.45) is 0 Å². The van der Waals surface area contributed by atoms with Gasteiger partial charge in [0, 0.05) is 29.1 Å². The van der Waals surface area contributed by atoms with Crippen molar-refractivity contribution < 1.29 is 19.2 Å². The fourth-order valence-corrected chi connectivity index (χ4v) is 2.97. The maximum Gasteiger partial charge on any atom is 0.341 e. The van der Waals surface area contributed by atoms with Crippen molar-refractivity contribution in [2.75, 3.05) is 11.1 Å². The molecule has 31 heavy (non-hydrogen) atoms. The van der Waals surface area contributed by atoms with E-state index in [2.05, 4.69) is 5.32 Å². The molecule has 0 bridgehead atoms. The predicted molar refractivity (Wildman–Crippen MR) is 117 cm³/mol. The van der Waals surface area contributed by atoms with E-state index >= 15 is 0 Å². The standard InChI is InChI=1S/C23H21N3O5/c1-14-8-9-15(2)20(12-14)25-22(27)21(16-6-4-3-5-7-16)31-23(28)18-13-17(26(29)30)10-11-19(18)24/h3-13,21H,24H2,1-2H3,(H,25,27). The highest BCUT2D eigenvalue weighted by Crippen LogP contribution is 2.26. The van der Waals surface area contributed by atoms with Crippen LogP contribution in [0.3, 0.4) is 0 Å². The number of ether oxygens (including phenoxy) is 1. The van der Waals surface area contributed by atoms with Gasteiger partial charge < -0.3 is 15.8 Å². The molecule has 3 aromatic rings. The van der Waals surface area contributed by atoms with Gasteiger partial charge in [-0.15, -0.1) is 0 Å². The average molecular weight is 419 g/mol. The number of carbonyl (C=O) groups excluding carboxylic acids is 2. The van der Waals surface area contributed by atoms with Crippen LogP contribution in [0.1, 0.15) is 33.2 Å². The summed E-state index contributed by atoms with van der Waals surface area (Å²) in [5.41, 5.74) is 8.18. The summed E-state index contributed by atoms with van der Waals surface area (Å²) in [5, 5.41) is 13.8. The maximum absolute atomic E-state index is 13.1. The minimum atomic E-state index is -1.28. The number of carbonyl (C=O) groups is 2. The van der Waals surface area contributed by atoms with Gasteiger partial charge in [-0.25, -0.2) is 4.79 Å². The summed E-state index contributed by atoms with van der Waals surface area (Å²) in [4.78, 5) is 36.3. The zero-order chi connectivity index (χ0) is 22.5. The lowest BCUT2D eigenvalue weighted by atomic mass is 10.1. The lowest BCUT2D eigenvalue weighted by molar-refractivity contribution is -0.384. The number of hydrogen-bond donors (Lipinski definition) is 2. The molecule has 0 saturated heterocycles. The van der Waals surface area contributed by atoms with E-state index in [-0.39, 0.29) is 16.9 Å². The molecular formula is C23H21N3O5. The molecule has 3 aromatic carbocycles. The van der Waals surface area contributed by atoms with Gasteiger partial charge in [-0.05, 0) is 37.1 Å². The molecule has 0 aliphatic rings. The number of amides is 1. The number of nitro benzene ring substituents is 1. The second kappa shape index (κ2) is 9.08. The van der Waals surface area contributed by atoms with Gasteiger partial charge in [0.25, 0.3) is 11.6 Å². The van der Waals surface area contributed by atoms with Crippen molar-refractivity contribution in [1.82, 2.24) is 0 Å². The highest BCUT2D eigenvalue weighted by molar-refractivity contribution is 6.00. The molecule has 0 aromatic heterocycles. The molecule has 158 valence electrons. The number of rotatable bonds is 6. The van der Waals surface area contributed by atoms with Crippen LogP contribution in [0.15, 0.2) is 66.7 Å². The van der Waals surface area contributed by atoms with E-state index in [9.17, 15) is 19.7 Å². The number of anilines is 2. The van der Waals surface area contributed by atoms with Crippen LogP contribution in [-0.2, 0) is 9.53 Å². The molecule has 8 nitrogen and oxygen atoms in total. The second-order valence-corrected chi connectivity index (χ2v) is 7.03. The van der Waals surface area contributed by atoms with E-state index in [1.807, 2.05) is 32.0 Å². The zero-order valence-electron chi connectivity index (χ0n) is 17.0. The van der Waals surface area contributed by atoms with E-state index in [0.29, 0.717) is 11.3 Å². The molecular weight excluding hydrogens is 398 g/mol. The number of nitrogens with one attached hydrogen (secondary N) is 1. The van der Waals surface area contributed by atoms with Crippen molar-refractivity contribution in [3.05, 3.63) is 99.1 Å². The summed E-state index contributed by atoms with van der Waals surface area (Å²) in [5.74, 6) is -1.50. The third-order valence-corrected chi connectivity index (χ3v) is 4.68. The normalized spacial score (nSPS) is 11.4. The lowest BCUT2D eigenvalue weighted by Crippen LogP contribution is -2.26. The Balaban J connectivity index is 1.92. The molecule has 0 aliphatic carbocycles. The van der Waals surface area contributed by atoms with Crippen LogP contribution in [-0.4, -0.2) is 16.8 Å². The van der Waals surface area contributed by atoms with Gasteiger partial charge >= 0.3 is 5.97 Å². The monoisotopic (exact) mass is 419 g/mol. The summed E-state index contributed by atoms with van der Waals surface area (Å²) in [7, 11) is 0. The van der Waals surface area contributed by atoms with Crippen molar-refractivity contribution in [3.63, 3.8) is 0 Å². The molecule has 0 aliphatic heterocycles. The number of non-ortho nitro benzene ring substituents is 1. The van der Waals surface area contributed by atoms with E-state index < -0.39 is 22.9 Å². The fourth-order valence-electron chi connectivity index (χ4n) is 2.97. The SMILES string of the molecule is Cc1ccc(C)c(NC(=O)C(OC(=O)c2cc([N+](=O)[O-])ccc2N)c2ccccc2)c1. The Morgan fingerprint density at radius 1 is 1.03 bits per heavy atom. The number of aryl methyl sites for hydroxylation is 2. The van der Waals surface area contributed by atoms with Crippen LogP contribution < -0.4 is 11.1 Å². The molecule has 3 N–H and O–H groups in total. The topological polar surface area (TPSA) is 125 Å². The summed E-state index contributed by atoms with van der Waals surface area (Å²) < 4.78 is 5.49. The molecule has 1 amide bonds. The van der Waals surface area contributed by atoms with Crippen LogP contribution in [0, 0.1) is 24.0 Å². The molecule has 0 heterocycles. The molecule has 0 spiro atoms. The number of esters is 1. The molecule has 3 rings (SSSR count). The molecule has 1 atom stereocenters. The van der Waals surface area contributed by atoms with E-state index in [1.165, 1.54) is 12.1 Å². The number of benzene rings is 3. The second-order valence-electron chi connectivity index (χ2n) is 7.03. The highest BCUT2D eigenvalue weighted by Gasteiger charge is 2.28. The van der Waals surface area contributed by atoms with E-state index in [0.717, 1.165) is 17.2 Å². The van der Waals surface area contributed by atoms with Crippen molar-refractivity contribution in [2.45, 2.75) is 20.0 Å². The molecule has 0 fully saturated rings. The van der Waals surface area contributed by atoms with Gasteiger partial charge in [0.05, 0.1) is 10.5 Å². The van der Waals surface area contributed by atoms with Crippen LogP contribution >= 0.6 is 0 Å². The number of nitrogens with zero attached hydrogens (tertiary/aromatic N) is 1. The summed E-state index contributed by atoms with van der Waals surface area (Å²) in [6.07, 6.45) is -1.28. The van der Waals surface area contributed by atoms with Crippen LogP contribution in [0.4, 0.5) is 17.1 Å². The zero-order valence-corrected chi connectivity index (χ0v) is 17.0. The minimum Gasteiger partial charge on any atom is -0.444 e. The Kier molecular flexibility index (Phi) is 6.30. The Labute approximate surface area is 178 Å². The summed E-state index contributed by atoms with van der Waals surface area (Å²) in [6, 6.07) is 17.6. The summed E-state index contributed by atoms with van der Waals surface area (Å²) in [6.45, 7) is 3.75. The first-order chi connectivity index (χ1) is 14.8. The first-order valence-corrected chi connectivity index (χ1v) is 9.44. The Hall–Kier alpha value is -4.20. The highest BCUT2D eigenvalue weighted by atomic mass is 16.6. The first-order valence-electron chi connectivity index (χ1n) is 9.44. The van der Waals surface area contributed by atoms with Crippen LogP contribution in [0.25, 0.3) is 0 Å². The van der Waals surface area contributed by atoms with Gasteiger partial charge in [-0.1, -0.05) is 42.5 Å². The summed E-state index contributed by atoms with van der Waals surface area (Å²) >= 11 is 0. The predicted octanol–water partition coefficient (Wildman–Crippen LogP) is 4.33. The first kappa shape index (κ1) is 21.5. The fraction of sp³-hybridized carbons (Fsp3) is 0.130. The van der Waals surface area contributed by atoms with Crippen molar-refractivity contribution in [1.29, 1.82) is 0 Å². The number of nitrogens with two attached hydrogens (primary N) is 1. The third kappa shape index (κ3) is 5.05. The lowest BCUT2D eigenvalue weighted by Gasteiger charge is -2.19. The molecule has 0 radical (unpaired) electrons. The minimum absolute atomic E-state index is 0.0114. The van der Waals surface area contributed by atoms with Crippen LogP contribution in [0.5, 0.6) is 0 Å².